The number of benzene rings is 2. The van der Waals surface area contributed by atoms with Gasteiger partial charge in [-0.3, -0.25) is 4.79 Å². The van der Waals surface area contributed by atoms with Crippen molar-refractivity contribution in [3.63, 3.8) is 0 Å². The van der Waals surface area contributed by atoms with Crippen LogP contribution in [0.15, 0.2) is 66.2 Å². The maximum Gasteiger partial charge on any atom is 0.343 e. The van der Waals surface area contributed by atoms with Gasteiger partial charge in [0.1, 0.15) is 5.56 Å². The molecule has 2 aromatic carbocycles. The number of aromatic nitrogens is 3. The molecule has 0 saturated carbocycles. The largest absolute Gasteiger partial charge is 0.462 e. The first-order valence-electron chi connectivity index (χ1n) is 10.7. The molecule has 34 heavy (non-hydrogen) atoms. The van der Waals surface area contributed by atoms with E-state index < -0.39 is 5.97 Å². The van der Waals surface area contributed by atoms with Crippen LogP contribution in [-0.4, -0.2) is 33.4 Å². The van der Waals surface area contributed by atoms with Gasteiger partial charge >= 0.3 is 5.97 Å². The molecule has 0 saturated heterocycles. The minimum absolute atomic E-state index is 0.0679. The Morgan fingerprint density at radius 1 is 1.00 bits per heavy atom. The lowest BCUT2D eigenvalue weighted by Gasteiger charge is -2.10. The summed E-state index contributed by atoms with van der Waals surface area (Å²) >= 11 is 1.40. The van der Waals surface area contributed by atoms with Crippen molar-refractivity contribution < 1.29 is 14.3 Å². The second-order valence-corrected chi connectivity index (χ2v) is 8.17. The van der Waals surface area contributed by atoms with E-state index in [1.807, 2.05) is 60.0 Å². The lowest BCUT2D eigenvalue weighted by atomic mass is 10.1. The molecule has 8 nitrogen and oxygen atoms in total. The number of anilines is 2. The van der Waals surface area contributed by atoms with Crippen molar-refractivity contribution in [1.29, 1.82) is 0 Å². The molecule has 1 amide bonds. The van der Waals surface area contributed by atoms with Crippen molar-refractivity contribution in [2.24, 2.45) is 0 Å². The van der Waals surface area contributed by atoms with Crippen LogP contribution in [0, 0.1) is 0 Å². The number of nitrogens with zero attached hydrogens (tertiary/aromatic N) is 3. The van der Waals surface area contributed by atoms with Gasteiger partial charge in [-0.25, -0.2) is 19.7 Å². The molecule has 0 bridgehead atoms. The van der Waals surface area contributed by atoms with Gasteiger partial charge < -0.3 is 15.4 Å². The van der Waals surface area contributed by atoms with Gasteiger partial charge in [0, 0.05) is 36.2 Å². The quantitative estimate of drug-likeness (QED) is 0.353. The van der Waals surface area contributed by atoms with E-state index in [0.29, 0.717) is 23.3 Å². The van der Waals surface area contributed by atoms with E-state index in [2.05, 4.69) is 25.6 Å². The predicted octanol–water partition coefficient (Wildman–Crippen LogP) is 4.82. The lowest BCUT2D eigenvalue weighted by Crippen LogP contribution is -2.18. The molecule has 4 rings (SSSR count). The third kappa shape index (κ3) is 5.62. The Morgan fingerprint density at radius 3 is 2.47 bits per heavy atom. The standard InChI is InChI=1S/C25H23N5O3S/c1-3-33-24(32)20-14-27-22(19-7-5-4-6-8-19)29-23(20)30-25-28-21(15-34-25)18-11-9-17(10-12-18)13-26-16(2)31/h4-12,14-15H,3,13H2,1-2H3,(H,26,31)(H,27,28,29,30). The number of amides is 1. The highest BCUT2D eigenvalue weighted by molar-refractivity contribution is 7.14. The third-order valence-corrected chi connectivity index (χ3v) is 5.59. The first-order chi connectivity index (χ1) is 16.5. The molecule has 0 aliphatic carbocycles. The summed E-state index contributed by atoms with van der Waals surface area (Å²) < 4.78 is 5.17. The molecule has 0 fully saturated rings. The van der Waals surface area contributed by atoms with Gasteiger partial charge in [-0.2, -0.15) is 0 Å². The van der Waals surface area contributed by atoms with Crippen molar-refractivity contribution in [3.05, 3.63) is 77.3 Å². The highest BCUT2D eigenvalue weighted by Crippen LogP contribution is 2.29. The van der Waals surface area contributed by atoms with Crippen LogP contribution in [0.2, 0.25) is 0 Å². The van der Waals surface area contributed by atoms with Crippen molar-refractivity contribution in [1.82, 2.24) is 20.3 Å². The fourth-order valence-corrected chi connectivity index (χ4v) is 3.87. The third-order valence-electron chi connectivity index (χ3n) is 4.84. The zero-order valence-electron chi connectivity index (χ0n) is 18.7. The molecule has 172 valence electrons. The summed E-state index contributed by atoms with van der Waals surface area (Å²) in [6.07, 6.45) is 1.47. The molecule has 0 atom stereocenters. The van der Waals surface area contributed by atoms with Crippen LogP contribution >= 0.6 is 11.3 Å². The Balaban J connectivity index is 1.58. The number of rotatable bonds is 8. The van der Waals surface area contributed by atoms with Crippen molar-refractivity contribution in [3.8, 4) is 22.6 Å². The molecule has 0 spiro atoms. The SMILES string of the molecule is CCOC(=O)c1cnc(-c2ccccc2)nc1Nc1nc(-c2ccc(CNC(C)=O)cc2)cs1. The van der Waals surface area contributed by atoms with Gasteiger partial charge in [0.15, 0.2) is 16.8 Å². The zero-order chi connectivity index (χ0) is 23.9. The van der Waals surface area contributed by atoms with Crippen LogP contribution < -0.4 is 10.6 Å². The molecular weight excluding hydrogens is 450 g/mol. The topological polar surface area (TPSA) is 106 Å². The summed E-state index contributed by atoms with van der Waals surface area (Å²) in [5.41, 5.74) is 3.80. The Morgan fingerprint density at radius 2 is 1.76 bits per heavy atom. The van der Waals surface area contributed by atoms with E-state index in [0.717, 1.165) is 22.4 Å². The minimum atomic E-state index is -0.504. The molecule has 2 heterocycles. The summed E-state index contributed by atoms with van der Waals surface area (Å²) in [5, 5.41) is 8.45. The Kier molecular flexibility index (Phi) is 7.24. The van der Waals surface area contributed by atoms with E-state index >= 15 is 0 Å². The molecule has 0 aliphatic heterocycles. The number of ether oxygens (including phenoxy) is 1. The van der Waals surface area contributed by atoms with Crippen LogP contribution in [-0.2, 0) is 16.1 Å². The van der Waals surface area contributed by atoms with Crippen LogP contribution in [0.4, 0.5) is 10.9 Å². The van der Waals surface area contributed by atoms with E-state index in [9.17, 15) is 9.59 Å². The molecule has 2 N–H and O–H groups in total. The van der Waals surface area contributed by atoms with Crippen LogP contribution in [0.3, 0.4) is 0 Å². The predicted molar refractivity (Wildman–Crippen MR) is 132 cm³/mol. The van der Waals surface area contributed by atoms with E-state index in [1.165, 1.54) is 24.5 Å². The molecule has 0 aliphatic rings. The second-order valence-electron chi connectivity index (χ2n) is 7.31. The zero-order valence-corrected chi connectivity index (χ0v) is 19.6. The molecule has 0 radical (unpaired) electrons. The number of nitrogens with one attached hydrogen (secondary N) is 2. The van der Waals surface area contributed by atoms with E-state index in [1.54, 1.807) is 6.92 Å². The van der Waals surface area contributed by atoms with Crippen LogP contribution in [0.25, 0.3) is 22.6 Å². The summed E-state index contributed by atoms with van der Waals surface area (Å²) in [6.45, 7) is 3.97. The first-order valence-corrected chi connectivity index (χ1v) is 11.6. The maximum atomic E-state index is 12.5. The first kappa shape index (κ1) is 23.1. The fourth-order valence-electron chi connectivity index (χ4n) is 3.15. The highest BCUT2D eigenvalue weighted by Gasteiger charge is 2.18. The van der Waals surface area contributed by atoms with Crippen molar-refractivity contribution in [2.45, 2.75) is 20.4 Å². The molecule has 2 aromatic heterocycles. The highest BCUT2D eigenvalue weighted by atomic mass is 32.1. The minimum Gasteiger partial charge on any atom is -0.462 e. The van der Waals surface area contributed by atoms with E-state index in [-0.39, 0.29) is 18.1 Å². The summed E-state index contributed by atoms with van der Waals surface area (Å²) in [5.74, 6) is 0.249. The molecular formula is C25H23N5O3S. The summed E-state index contributed by atoms with van der Waals surface area (Å²) in [7, 11) is 0. The Labute approximate surface area is 201 Å². The van der Waals surface area contributed by atoms with Gasteiger partial charge in [0.2, 0.25) is 5.91 Å². The average molecular weight is 474 g/mol. The summed E-state index contributed by atoms with van der Waals surface area (Å²) in [6, 6.07) is 17.3. The van der Waals surface area contributed by atoms with E-state index in [4.69, 9.17) is 4.74 Å². The fraction of sp³-hybridized carbons (Fsp3) is 0.160. The number of hydrogen-bond donors (Lipinski definition) is 2. The number of carbonyl (C=O) groups excluding carboxylic acids is 2. The number of esters is 1. The summed E-state index contributed by atoms with van der Waals surface area (Å²) in [4.78, 5) is 37.1. The second kappa shape index (κ2) is 10.7. The lowest BCUT2D eigenvalue weighted by molar-refractivity contribution is -0.119. The van der Waals surface area contributed by atoms with Crippen LogP contribution in [0.5, 0.6) is 0 Å². The Bertz CT molecular complexity index is 1290. The van der Waals surface area contributed by atoms with Gasteiger partial charge in [-0.15, -0.1) is 11.3 Å². The number of hydrogen-bond acceptors (Lipinski definition) is 8. The van der Waals surface area contributed by atoms with Crippen LogP contribution in [0.1, 0.15) is 29.8 Å². The van der Waals surface area contributed by atoms with Crippen molar-refractivity contribution >= 4 is 34.2 Å². The molecule has 9 heteroatoms. The molecule has 0 unspecified atom stereocenters. The number of carbonyl (C=O) groups is 2. The molecule has 4 aromatic rings. The van der Waals surface area contributed by atoms with Gasteiger partial charge in [-0.05, 0) is 12.5 Å². The van der Waals surface area contributed by atoms with Gasteiger partial charge in [0.25, 0.3) is 0 Å². The number of thiazole rings is 1. The Hall–Kier alpha value is -4.11. The monoisotopic (exact) mass is 473 g/mol. The van der Waals surface area contributed by atoms with Gasteiger partial charge in [-0.1, -0.05) is 54.6 Å². The maximum absolute atomic E-state index is 12.5. The van der Waals surface area contributed by atoms with Crippen molar-refractivity contribution in [2.75, 3.05) is 11.9 Å². The smallest absolute Gasteiger partial charge is 0.343 e. The normalized spacial score (nSPS) is 10.5. The van der Waals surface area contributed by atoms with Gasteiger partial charge in [0.05, 0.1) is 12.3 Å². The average Bonchev–Trinajstić information content (AvgIpc) is 3.32.